The first-order chi connectivity index (χ1) is 15.0. The van der Waals surface area contributed by atoms with E-state index >= 15 is 0 Å². The topological polar surface area (TPSA) is 81.2 Å². The number of halogens is 1. The molecule has 2 N–H and O–H groups in total. The van der Waals surface area contributed by atoms with Gasteiger partial charge >= 0.3 is 0 Å². The van der Waals surface area contributed by atoms with Gasteiger partial charge in [-0.2, -0.15) is 5.10 Å². The van der Waals surface area contributed by atoms with Crippen LogP contribution in [0.15, 0.2) is 42.5 Å². The van der Waals surface area contributed by atoms with Gasteiger partial charge in [0.1, 0.15) is 18.9 Å². The highest BCUT2D eigenvalue weighted by atomic mass is 35.5. The Labute approximate surface area is 190 Å². The molecule has 3 aromatic rings. The van der Waals surface area contributed by atoms with Crippen LogP contribution in [0.4, 0.5) is 5.69 Å². The summed E-state index contributed by atoms with van der Waals surface area (Å²) in [5.41, 5.74) is 2.51. The molecule has 2 heterocycles. The van der Waals surface area contributed by atoms with Gasteiger partial charge in [0.2, 0.25) is 5.91 Å². The predicted molar refractivity (Wildman–Crippen MR) is 122 cm³/mol. The predicted octanol–water partition coefficient (Wildman–Crippen LogP) is 4.77. The van der Waals surface area contributed by atoms with E-state index in [9.17, 15) is 4.79 Å². The summed E-state index contributed by atoms with van der Waals surface area (Å²) in [4.78, 5) is 12.9. The molecule has 1 atom stereocenters. The number of nitrogens with zero attached hydrogens (tertiary/aromatic N) is 2. The smallest absolute Gasteiger partial charge is 0.244 e. The van der Waals surface area contributed by atoms with Crippen molar-refractivity contribution in [2.24, 2.45) is 0 Å². The third kappa shape index (κ3) is 5.33. The van der Waals surface area contributed by atoms with Crippen LogP contribution in [-0.2, 0) is 16.1 Å². The first-order valence-corrected chi connectivity index (χ1v) is 10.8. The first-order valence-electron chi connectivity index (χ1n) is 10.1. The van der Waals surface area contributed by atoms with E-state index in [4.69, 9.17) is 33.3 Å². The summed E-state index contributed by atoms with van der Waals surface area (Å²) in [5, 5.41) is 10.4. The van der Waals surface area contributed by atoms with E-state index in [0.717, 1.165) is 30.6 Å². The van der Waals surface area contributed by atoms with Crippen molar-refractivity contribution >= 4 is 35.4 Å². The van der Waals surface area contributed by atoms with Crippen molar-refractivity contribution in [3.63, 3.8) is 0 Å². The minimum absolute atomic E-state index is 0.00374. The molecule has 7 nitrogen and oxygen atoms in total. The SMILES string of the molecule is Cc1ccc(-c2n[nH]c(=S)n2CC(=O)Nc2cc(Cl)ccc2OCC2CCCO2)cc1. The molecule has 1 fully saturated rings. The van der Waals surface area contributed by atoms with Crippen LogP contribution < -0.4 is 10.1 Å². The van der Waals surface area contributed by atoms with Crippen LogP contribution in [0, 0.1) is 11.7 Å². The fourth-order valence-corrected chi connectivity index (χ4v) is 3.77. The molecule has 4 rings (SSSR count). The summed E-state index contributed by atoms with van der Waals surface area (Å²) in [7, 11) is 0. The van der Waals surface area contributed by atoms with Gasteiger partial charge in [-0.3, -0.25) is 14.5 Å². The highest BCUT2D eigenvalue weighted by molar-refractivity contribution is 7.71. The van der Waals surface area contributed by atoms with Crippen LogP contribution in [0.2, 0.25) is 5.02 Å². The second kappa shape index (κ2) is 9.64. The lowest BCUT2D eigenvalue weighted by Crippen LogP contribution is -2.21. The molecule has 9 heteroatoms. The number of rotatable bonds is 7. The van der Waals surface area contributed by atoms with Crippen molar-refractivity contribution in [1.29, 1.82) is 0 Å². The minimum atomic E-state index is -0.268. The molecule has 0 radical (unpaired) electrons. The number of hydrogen-bond donors (Lipinski definition) is 2. The average Bonchev–Trinajstić information content (AvgIpc) is 3.39. The number of carbonyl (C=O) groups is 1. The van der Waals surface area contributed by atoms with Gasteiger partial charge in [0, 0.05) is 17.2 Å². The number of anilines is 1. The number of hydrogen-bond acceptors (Lipinski definition) is 5. The van der Waals surface area contributed by atoms with Gasteiger partial charge in [-0.1, -0.05) is 41.4 Å². The first kappa shape index (κ1) is 21.5. The summed E-state index contributed by atoms with van der Waals surface area (Å²) in [6.07, 6.45) is 2.07. The summed E-state index contributed by atoms with van der Waals surface area (Å²) >= 11 is 11.5. The van der Waals surface area contributed by atoms with Crippen LogP contribution in [0.3, 0.4) is 0 Å². The van der Waals surface area contributed by atoms with Crippen molar-refractivity contribution in [1.82, 2.24) is 14.8 Å². The number of ether oxygens (including phenoxy) is 2. The van der Waals surface area contributed by atoms with Crippen LogP contribution >= 0.6 is 23.8 Å². The van der Waals surface area contributed by atoms with E-state index in [-0.39, 0.29) is 18.6 Å². The monoisotopic (exact) mass is 458 g/mol. The van der Waals surface area contributed by atoms with E-state index in [1.54, 1.807) is 22.8 Å². The van der Waals surface area contributed by atoms with Gasteiger partial charge in [0.05, 0.1) is 11.8 Å². The molecule has 1 unspecified atom stereocenters. The summed E-state index contributed by atoms with van der Waals surface area (Å²) in [6, 6.07) is 13.0. The molecule has 1 aliphatic heterocycles. The number of aryl methyl sites for hydroxylation is 1. The normalized spacial score (nSPS) is 15.7. The van der Waals surface area contributed by atoms with Crippen molar-refractivity contribution in [2.45, 2.75) is 32.4 Å². The Morgan fingerprint density at radius 3 is 2.90 bits per heavy atom. The van der Waals surface area contributed by atoms with Gasteiger partial charge in [0.25, 0.3) is 0 Å². The maximum atomic E-state index is 12.9. The van der Waals surface area contributed by atoms with Gasteiger partial charge in [0.15, 0.2) is 10.6 Å². The van der Waals surface area contributed by atoms with Crippen LogP contribution in [0.1, 0.15) is 18.4 Å². The van der Waals surface area contributed by atoms with E-state index in [1.165, 1.54) is 0 Å². The van der Waals surface area contributed by atoms with E-state index < -0.39 is 0 Å². The molecule has 31 heavy (non-hydrogen) atoms. The lowest BCUT2D eigenvalue weighted by molar-refractivity contribution is -0.116. The average molecular weight is 459 g/mol. The Kier molecular flexibility index (Phi) is 6.70. The number of aromatic amines is 1. The number of aromatic nitrogens is 3. The summed E-state index contributed by atoms with van der Waals surface area (Å²) < 4.78 is 13.5. The van der Waals surface area contributed by atoms with E-state index in [2.05, 4.69) is 15.5 Å². The fourth-order valence-electron chi connectivity index (χ4n) is 3.40. The Morgan fingerprint density at radius 2 is 2.16 bits per heavy atom. The molecule has 1 amide bonds. The molecule has 1 aromatic heterocycles. The molecular weight excluding hydrogens is 436 g/mol. The Hall–Kier alpha value is -2.68. The third-order valence-corrected chi connectivity index (χ3v) is 5.58. The van der Waals surface area contributed by atoms with Crippen molar-refractivity contribution in [3.8, 4) is 17.1 Å². The highest BCUT2D eigenvalue weighted by Crippen LogP contribution is 2.29. The van der Waals surface area contributed by atoms with Crippen LogP contribution in [0.25, 0.3) is 11.4 Å². The molecule has 1 aliphatic rings. The summed E-state index contributed by atoms with van der Waals surface area (Å²) in [5.74, 6) is 0.874. The number of amides is 1. The molecule has 0 aliphatic carbocycles. The van der Waals surface area contributed by atoms with E-state index in [1.807, 2.05) is 31.2 Å². The molecule has 0 saturated carbocycles. The number of benzene rings is 2. The fraction of sp³-hybridized carbons (Fsp3) is 0.318. The molecule has 0 bridgehead atoms. The third-order valence-electron chi connectivity index (χ3n) is 5.03. The standard InChI is InChI=1S/C22H23ClN4O3S/c1-14-4-6-15(7-5-14)21-25-26-22(31)27(21)12-20(28)24-18-11-16(23)8-9-19(18)30-13-17-3-2-10-29-17/h4-9,11,17H,2-3,10,12-13H2,1H3,(H,24,28)(H,26,31). The molecule has 162 valence electrons. The zero-order valence-electron chi connectivity index (χ0n) is 17.1. The molecule has 1 saturated heterocycles. The van der Waals surface area contributed by atoms with Gasteiger partial charge in [-0.05, 0) is 50.2 Å². The highest BCUT2D eigenvalue weighted by Gasteiger charge is 2.18. The largest absolute Gasteiger partial charge is 0.489 e. The van der Waals surface area contributed by atoms with Gasteiger partial charge in [-0.25, -0.2) is 0 Å². The van der Waals surface area contributed by atoms with E-state index in [0.29, 0.717) is 33.7 Å². The van der Waals surface area contributed by atoms with Gasteiger partial charge < -0.3 is 14.8 Å². The van der Waals surface area contributed by atoms with Crippen molar-refractivity contribution < 1.29 is 14.3 Å². The Balaban J connectivity index is 1.49. The Bertz CT molecular complexity index is 1120. The number of carbonyl (C=O) groups excluding carboxylic acids is 1. The quantitative estimate of drug-likeness (QED) is 0.498. The van der Waals surface area contributed by atoms with Crippen molar-refractivity contribution in [3.05, 3.63) is 57.8 Å². The lowest BCUT2D eigenvalue weighted by atomic mass is 10.1. The van der Waals surface area contributed by atoms with Crippen LogP contribution in [0.5, 0.6) is 5.75 Å². The van der Waals surface area contributed by atoms with Crippen LogP contribution in [-0.4, -0.2) is 40.0 Å². The second-order valence-corrected chi connectivity index (χ2v) is 8.26. The number of H-pyrrole nitrogens is 1. The molecule has 2 aromatic carbocycles. The summed E-state index contributed by atoms with van der Waals surface area (Å²) in [6.45, 7) is 3.19. The zero-order valence-corrected chi connectivity index (χ0v) is 18.6. The minimum Gasteiger partial charge on any atom is -0.489 e. The van der Waals surface area contributed by atoms with Crippen molar-refractivity contribution in [2.75, 3.05) is 18.5 Å². The maximum absolute atomic E-state index is 12.9. The molecular formula is C22H23ClN4O3S. The Morgan fingerprint density at radius 1 is 1.35 bits per heavy atom. The molecule has 0 spiro atoms. The lowest BCUT2D eigenvalue weighted by Gasteiger charge is -2.16. The second-order valence-electron chi connectivity index (χ2n) is 7.44. The zero-order chi connectivity index (χ0) is 21.8. The maximum Gasteiger partial charge on any atom is 0.244 e. The van der Waals surface area contributed by atoms with Gasteiger partial charge in [-0.15, -0.1) is 0 Å². The number of nitrogens with one attached hydrogen (secondary N) is 2.